The Balaban J connectivity index is 2.43. The van der Waals surface area contributed by atoms with Gasteiger partial charge in [-0.05, 0) is 36.6 Å². The van der Waals surface area contributed by atoms with Crippen molar-refractivity contribution in [1.82, 2.24) is 0 Å². The van der Waals surface area contributed by atoms with E-state index in [2.05, 4.69) is 13.8 Å². The van der Waals surface area contributed by atoms with E-state index in [0.717, 1.165) is 6.42 Å². The van der Waals surface area contributed by atoms with Crippen molar-refractivity contribution in [1.29, 1.82) is 0 Å². The minimum atomic E-state index is -0.337. The predicted octanol–water partition coefficient (Wildman–Crippen LogP) is 2.60. The zero-order valence-corrected chi connectivity index (χ0v) is 9.06. The molecule has 0 unspecified atom stereocenters. The Labute approximate surface area is 89.7 Å². The topological polar surface area (TPSA) is 46.5 Å². The van der Waals surface area contributed by atoms with Crippen molar-refractivity contribution in [3.05, 3.63) is 29.8 Å². The highest BCUT2D eigenvalue weighted by molar-refractivity contribution is 5.89. The number of hydrogen-bond acceptors (Lipinski definition) is 3. The highest BCUT2D eigenvalue weighted by Crippen LogP contribution is 2.11. The number of phenolic OH excluding ortho intramolecular Hbond substituents is 1. The normalized spacial score (nSPS) is 10.3. The van der Waals surface area contributed by atoms with Gasteiger partial charge < -0.3 is 9.84 Å². The van der Waals surface area contributed by atoms with E-state index in [1.165, 1.54) is 12.1 Å². The van der Waals surface area contributed by atoms with Gasteiger partial charge in [-0.2, -0.15) is 0 Å². The summed E-state index contributed by atoms with van der Waals surface area (Å²) in [6.45, 7) is 4.60. The fourth-order valence-electron chi connectivity index (χ4n) is 1.07. The Kier molecular flexibility index (Phi) is 4.16. The van der Waals surface area contributed by atoms with Gasteiger partial charge in [0.05, 0.1) is 12.2 Å². The van der Waals surface area contributed by atoms with E-state index in [4.69, 9.17) is 9.84 Å². The third-order valence-electron chi connectivity index (χ3n) is 2.03. The first kappa shape index (κ1) is 11.6. The first-order valence-electron chi connectivity index (χ1n) is 5.05. The lowest BCUT2D eigenvalue weighted by Gasteiger charge is -2.06. The number of benzene rings is 1. The maximum atomic E-state index is 11.4. The monoisotopic (exact) mass is 208 g/mol. The van der Waals surface area contributed by atoms with Gasteiger partial charge in [0.25, 0.3) is 0 Å². The van der Waals surface area contributed by atoms with E-state index in [1.54, 1.807) is 12.1 Å². The van der Waals surface area contributed by atoms with Gasteiger partial charge in [-0.15, -0.1) is 0 Å². The Bertz CT molecular complexity index is 314. The summed E-state index contributed by atoms with van der Waals surface area (Å²) in [5.74, 6) is 0.335. The van der Waals surface area contributed by atoms with Gasteiger partial charge in [0.2, 0.25) is 0 Å². The molecule has 0 amide bonds. The van der Waals surface area contributed by atoms with Crippen LogP contribution in [0.3, 0.4) is 0 Å². The molecule has 0 spiro atoms. The summed E-state index contributed by atoms with van der Waals surface area (Å²) in [6.07, 6.45) is 0.865. The first-order valence-corrected chi connectivity index (χ1v) is 5.05. The predicted molar refractivity (Wildman–Crippen MR) is 57.8 cm³/mol. The molecule has 0 aliphatic carbocycles. The van der Waals surface area contributed by atoms with Gasteiger partial charge in [0.15, 0.2) is 0 Å². The van der Waals surface area contributed by atoms with Crippen molar-refractivity contribution in [3.8, 4) is 5.75 Å². The van der Waals surface area contributed by atoms with E-state index < -0.39 is 0 Å². The van der Waals surface area contributed by atoms with Crippen LogP contribution in [0.25, 0.3) is 0 Å². The molecule has 1 aromatic carbocycles. The molecule has 0 radical (unpaired) electrons. The zero-order chi connectivity index (χ0) is 11.3. The van der Waals surface area contributed by atoms with Crippen molar-refractivity contribution in [2.45, 2.75) is 20.3 Å². The number of rotatable bonds is 4. The second kappa shape index (κ2) is 5.39. The largest absolute Gasteiger partial charge is 0.508 e. The van der Waals surface area contributed by atoms with E-state index >= 15 is 0 Å². The van der Waals surface area contributed by atoms with E-state index in [1.807, 2.05) is 0 Å². The lowest BCUT2D eigenvalue weighted by Crippen LogP contribution is -2.07. The van der Waals surface area contributed by atoms with Crippen LogP contribution in [0.4, 0.5) is 0 Å². The van der Waals surface area contributed by atoms with Crippen LogP contribution in [-0.4, -0.2) is 17.7 Å². The number of carbonyl (C=O) groups excluding carboxylic acids is 1. The molecule has 0 saturated carbocycles. The van der Waals surface area contributed by atoms with Crippen LogP contribution in [0.5, 0.6) is 5.75 Å². The van der Waals surface area contributed by atoms with Crippen LogP contribution in [-0.2, 0) is 4.74 Å². The number of phenols is 1. The Hall–Kier alpha value is -1.51. The van der Waals surface area contributed by atoms with Crippen LogP contribution in [0.15, 0.2) is 24.3 Å². The third kappa shape index (κ3) is 4.02. The average molecular weight is 208 g/mol. The molecule has 0 fully saturated rings. The van der Waals surface area contributed by atoms with Crippen molar-refractivity contribution in [3.63, 3.8) is 0 Å². The minimum absolute atomic E-state index is 0.147. The molecule has 0 bridgehead atoms. The van der Waals surface area contributed by atoms with Gasteiger partial charge in [0, 0.05) is 0 Å². The molecule has 1 aromatic rings. The minimum Gasteiger partial charge on any atom is -0.508 e. The quantitative estimate of drug-likeness (QED) is 0.773. The highest BCUT2D eigenvalue weighted by Gasteiger charge is 2.06. The van der Waals surface area contributed by atoms with E-state index in [-0.39, 0.29) is 11.7 Å². The van der Waals surface area contributed by atoms with Gasteiger partial charge in [0.1, 0.15) is 5.75 Å². The van der Waals surface area contributed by atoms with Crippen LogP contribution in [0.2, 0.25) is 0 Å². The molecule has 0 aliphatic rings. The van der Waals surface area contributed by atoms with Gasteiger partial charge in [-0.1, -0.05) is 13.8 Å². The standard InChI is InChI=1S/C12H16O3/c1-9(2)7-8-15-12(14)10-3-5-11(13)6-4-10/h3-6,9,13H,7-8H2,1-2H3. The highest BCUT2D eigenvalue weighted by atomic mass is 16.5. The molecular weight excluding hydrogens is 192 g/mol. The molecule has 3 heteroatoms. The van der Waals surface area contributed by atoms with Crippen molar-refractivity contribution in [2.75, 3.05) is 6.61 Å². The number of aromatic hydroxyl groups is 1. The number of hydrogen-bond donors (Lipinski definition) is 1. The molecule has 1 rings (SSSR count). The Morgan fingerprint density at radius 2 is 1.93 bits per heavy atom. The number of ether oxygens (including phenoxy) is 1. The molecular formula is C12H16O3. The maximum absolute atomic E-state index is 11.4. The molecule has 15 heavy (non-hydrogen) atoms. The van der Waals surface area contributed by atoms with Crippen molar-refractivity contribution in [2.24, 2.45) is 5.92 Å². The van der Waals surface area contributed by atoms with Crippen LogP contribution < -0.4 is 0 Å². The zero-order valence-electron chi connectivity index (χ0n) is 9.06. The molecule has 0 aliphatic heterocycles. The van der Waals surface area contributed by atoms with Gasteiger partial charge in [-0.3, -0.25) is 0 Å². The Morgan fingerprint density at radius 1 is 1.33 bits per heavy atom. The SMILES string of the molecule is CC(C)CCOC(=O)c1ccc(O)cc1. The summed E-state index contributed by atoms with van der Waals surface area (Å²) in [6, 6.07) is 6.04. The van der Waals surface area contributed by atoms with Gasteiger partial charge in [-0.25, -0.2) is 4.79 Å². The average Bonchev–Trinajstić information content (AvgIpc) is 2.18. The molecule has 82 valence electrons. The van der Waals surface area contributed by atoms with Crippen LogP contribution in [0, 0.1) is 5.92 Å². The molecule has 1 N–H and O–H groups in total. The molecule has 0 aromatic heterocycles. The Morgan fingerprint density at radius 3 is 2.47 bits per heavy atom. The van der Waals surface area contributed by atoms with Crippen molar-refractivity contribution >= 4 is 5.97 Å². The van der Waals surface area contributed by atoms with Crippen LogP contribution >= 0.6 is 0 Å². The lowest BCUT2D eigenvalue weighted by atomic mass is 10.1. The number of esters is 1. The smallest absolute Gasteiger partial charge is 0.338 e. The molecule has 0 atom stereocenters. The molecule has 0 heterocycles. The van der Waals surface area contributed by atoms with Gasteiger partial charge >= 0.3 is 5.97 Å². The molecule has 0 saturated heterocycles. The van der Waals surface area contributed by atoms with Crippen molar-refractivity contribution < 1.29 is 14.6 Å². The lowest BCUT2D eigenvalue weighted by molar-refractivity contribution is 0.0488. The summed E-state index contributed by atoms with van der Waals surface area (Å²) < 4.78 is 5.06. The summed E-state index contributed by atoms with van der Waals surface area (Å²) >= 11 is 0. The first-order chi connectivity index (χ1) is 7.09. The second-order valence-electron chi connectivity index (χ2n) is 3.87. The fraction of sp³-hybridized carbons (Fsp3) is 0.417. The maximum Gasteiger partial charge on any atom is 0.338 e. The molecule has 3 nitrogen and oxygen atoms in total. The van der Waals surface area contributed by atoms with Crippen LogP contribution in [0.1, 0.15) is 30.6 Å². The summed E-state index contributed by atoms with van der Waals surface area (Å²) in [5, 5.41) is 9.04. The third-order valence-corrected chi connectivity index (χ3v) is 2.03. The summed E-state index contributed by atoms with van der Waals surface area (Å²) in [4.78, 5) is 11.4. The fourth-order valence-corrected chi connectivity index (χ4v) is 1.07. The van der Waals surface area contributed by atoms with E-state index in [9.17, 15) is 4.79 Å². The van der Waals surface area contributed by atoms with E-state index in [0.29, 0.717) is 18.1 Å². The number of carbonyl (C=O) groups is 1. The second-order valence-corrected chi connectivity index (χ2v) is 3.87. The summed E-state index contributed by atoms with van der Waals surface area (Å²) in [5.41, 5.74) is 0.469. The summed E-state index contributed by atoms with van der Waals surface area (Å²) in [7, 11) is 0.